The zero-order valence-corrected chi connectivity index (χ0v) is 17.3. The van der Waals surface area contributed by atoms with E-state index >= 15 is 0 Å². The SMILES string of the molecule is CN=C(NCc1nc(C)cs1)N1CCC(N2CCCCC2)C1.I. The van der Waals surface area contributed by atoms with Crippen LogP contribution >= 0.6 is 35.3 Å². The third kappa shape index (κ3) is 5.03. The Morgan fingerprint density at radius 1 is 1.35 bits per heavy atom. The molecule has 0 bridgehead atoms. The molecule has 0 amide bonds. The number of likely N-dealkylation sites (tertiary alicyclic amines) is 2. The Morgan fingerprint density at radius 2 is 2.13 bits per heavy atom. The predicted molar refractivity (Wildman–Crippen MR) is 108 cm³/mol. The molecule has 0 spiro atoms. The molecular formula is C16H28IN5S. The van der Waals surface area contributed by atoms with Gasteiger partial charge in [0.25, 0.3) is 0 Å². The van der Waals surface area contributed by atoms with Crippen LogP contribution in [0, 0.1) is 6.92 Å². The van der Waals surface area contributed by atoms with Crippen molar-refractivity contribution >= 4 is 41.3 Å². The van der Waals surface area contributed by atoms with Crippen LogP contribution in [-0.2, 0) is 6.54 Å². The summed E-state index contributed by atoms with van der Waals surface area (Å²) in [7, 11) is 1.88. The standard InChI is InChI=1S/C16H27N5S.HI/c1-13-12-22-15(19-13)10-18-16(17-2)21-9-6-14(11-21)20-7-4-3-5-8-20;/h12,14H,3-11H2,1-2H3,(H,17,18);1H. The van der Waals surface area contributed by atoms with Crippen molar-refractivity contribution in [3.05, 3.63) is 16.1 Å². The molecule has 2 aliphatic heterocycles. The van der Waals surface area contributed by atoms with Gasteiger partial charge in [0.05, 0.1) is 6.54 Å². The van der Waals surface area contributed by atoms with E-state index in [0.29, 0.717) is 6.04 Å². The van der Waals surface area contributed by atoms with Crippen LogP contribution in [0.4, 0.5) is 0 Å². The first-order valence-electron chi connectivity index (χ1n) is 8.37. The van der Waals surface area contributed by atoms with Crippen LogP contribution in [0.2, 0.25) is 0 Å². The first-order valence-corrected chi connectivity index (χ1v) is 9.25. The van der Waals surface area contributed by atoms with Crippen molar-refractivity contribution in [2.45, 2.75) is 45.2 Å². The minimum Gasteiger partial charge on any atom is -0.350 e. The molecule has 0 aromatic carbocycles. The molecule has 2 aliphatic rings. The minimum absolute atomic E-state index is 0. The first-order chi connectivity index (χ1) is 10.8. The average molecular weight is 449 g/mol. The highest BCUT2D eigenvalue weighted by Gasteiger charge is 2.29. The fourth-order valence-electron chi connectivity index (χ4n) is 3.49. The van der Waals surface area contributed by atoms with Gasteiger partial charge < -0.3 is 10.2 Å². The van der Waals surface area contributed by atoms with E-state index in [9.17, 15) is 0 Å². The number of thiazole rings is 1. The molecule has 1 aromatic heterocycles. The van der Waals surface area contributed by atoms with Crippen LogP contribution in [0.3, 0.4) is 0 Å². The lowest BCUT2D eigenvalue weighted by Crippen LogP contribution is -2.44. The Balaban J connectivity index is 0.00000192. The van der Waals surface area contributed by atoms with E-state index in [1.54, 1.807) is 11.3 Å². The minimum atomic E-state index is 0. The summed E-state index contributed by atoms with van der Waals surface area (Å²) in [5, 5.41) is 6.70. The zero-order chi connectivity index (χ0) is 15.4. The molecule has 1 aromatic rings. The van der Waals surface area contributed by atoms with E-state index in [4.69, 9.17) is 0 Å². The molecule has 3 heterocycles. The van der Waals surface area contributed by atoms with Gasteiger partial charge in [-0.2, -0.15) is 0 Å². The number of rotatable bonds is 3. The molecule has 3 rings (SSSR count). The van der Waals surface area contributed by atoms with Crippen LogP contribution in [0.5, 0.6) is 0 Å². The summed E-state index contributed by atoms with van der Waals surface area (Å²) >= 11 is 1.71. The van der Waals surface area contributed by atoms with E-state index in [1.807, 2.05) is 14.0 Å². The maximum absolute atomic E-state index is 4.51. The number of aryl methyl sites for hydroxylation is 1. The van der Waals surface area contributed by atoms with Gasteiger partial charge in [-0.1, -0.05) is 6.42 Å². The van der Waals surface area contributed by atoms with E-state index < -0.39 is 0 Å². The molecule has 0 saturated carbocycles. The molecule has 1 unspecified atom stereocenters. The summed E-state index contributed by atoms with van der Waals surface area (Å²) in [6.45, 7) is 7.59. The van der Waals surface area contributed by atoms with E-state index in [0.717, 1.165) is 36.3 Å². The lowest BCUT2D eigenvalue weighted by Gasteiger charge is -2.32. The van der Waals surface area contributed by atoms with Crippen molar-refractivity contribution in [2.24, 2.45) is 4.99 Å². The van der Waals surface area contributed by atoms with Crippen LogP contribution < -0.4 is 5.32 Å². The van der Waals surface area contributed by atoms with Crippen molar-refractivity contribution in [3.8, 4) is 0 Å². The van der Waals surface area contributed by atoms with Crippen LogP contribution in [0.1, 0.15) is 36.4 Å². The third-order valence-electron chi connectivity index (χ3n) is 4.65. The topological polar surface area (TPSA) is 43.8 Å². The lowest BCUT2D eigenvalue weighted by molar-refractivity contribution is 0.168. The van der Waals surface area contributed by atoms with Gasteiger partial charge >= 0.3 is 0 Å². The molecule has 1 atom stereocenters. The Labute approximate surface area is 160 Å². The van der Waals surface area contributed by atoms with Crippen molar-refractivity contribution in [2.75, 3.05) is 33.2 Å². The first kappa shape index (κ1) is 18.9. The van der Waals surface area contributed by atoms with Gasteiger partial charge in [0.15, 0.2) is 5.96 Å². The number of guanidine groups is 1. The van der Waals surface area contributed by atoms with Gasteiger partial charge in [-0.3, -0.25) is 9.89 Å². The van der Waals surface area contributed by atoms with Gasteiger partial charge in [0, 0.05) is 37.3 Å². The molecule has 5 nitrogen and oxygen atoms in total. The summed E-state index contributed by atoms with van der Waals surface area (Å²) in [6, 6.07) is 0.709. The average Bonchev–Trinajstić information content (AvgIpc) is 3.18. The third-order valence-corrected chi connectivity index (χ3v) is 5.61. The second-order valence-corrected chi connectivity index (χ2v) is 7.21. The highest BCUT2D eigenvalue weighted by atomic mass is 127. The van der Waals surface area contributed by atoms with Crippen LogP contribution in [-0.4, -0.2) is 60.0 Å². The molecule has 2 fully saturated rings. The molecule has 130 valence electrons. The molecule has 7 heteroatoms. The largest absolute Gasteiger partial charge is 0.350 e. The summed E-state index contributed by atoms with van der Waals surface area (Å²) in [5.74, 6) is 1.02. The Kier molecular flexibility index (Phi) is 7.55. The molecule has 23 heavy (non-hydrogen) atoms. The molecule has 2 saturated heterocycles. The normalized spacial score (nSPS) is 23.0. The monoisotopic (exact) mass is 449 g/mol. The maximum Gasteiger partial charge on any atom is 0.194 e. The number of halogens is 1. The van der Waals surface area contributed by atoms with Crippen LogP contribution in [0.25, 0.3) is 0 Å². The van der Waals surface area contributed by atoms with Gasteiger partial charge in [-0.25, -0.2) is 4.98 Å². The number of nitrogens with one attached hydrogen (secondary N) is 1. The number of hydrogen-bond donors (Lipinski definition) is 1. The lowest BCUT2D eigenvalue weighted by atomic mass is 10.1. The maximum atomic E-state index is 4.51. The van der Waals surface area contributed by atoms with Crippen LogP contribution in [0.15, 0.2) is 10.4 Å². The Bertz CT molecular complexity index is 512. The van der Waals surface area contributed by atoms with Crippen molar-refractivity contribution in [1.29, 1.82) is 0 Å². The number of aliphatic imine (C=N–C) groups is 1. The summed E-state index contributed by atoms with van der Waals surface area (Å²) in [5.41, 5.74) is 1.10. The number of hydrogen-bond acceptors (Lipinski definition) is 4. The predicted octanol–water partition coefficient (Wildman–Crippen LogP) is 2.71. The van der Waals surface area contributed by atoms with Gasteiger partial charge in [-0.05, 0) is 39.3 Å². The molecule has 0 aliphatic carbocycles. The smallest absolute Gasteiger partial charge is 0.194 e. The van der Waals surface area contributed by atoms with Gasteiger partial charge in [0.1, 0.15) is 5.01 Å². The highest BCUT2D eigenvalue weighted by Crippen LogP contribution is 2.20. The fourth-order valence-corrected chi connectivity index (χ4v) is 4.20. The fraction of sp³-hybridized carbons (Fsp3) is 0.750. The van der Waals surface area contributed by atoms with Crippen molar-refractivity contribution < 1.29 is 0 Å². The summed E-state index contributed by atoms with van der Waals surface area (Å²) < 4.78 is 0. The van der Waals surface area contributed by atoms with Crippen molar-refractivity contribution in [3.63, 3.8) is 0 Å². The molecular weight excluding hydrogens is 421 g/mol. The number of piperidine rings is 1. The van der Waals surface area contributed by atoms with E-state index in [2.05, 4.69) is 30.5 Å². The second-order valence-electron chi connectivity index (χ2n) is 6.27. The summed E-state index contributed by atoms with van der Waals surface area (Å²) in [6.07, 6.45) is 5.40. The van der Waals surface area contributed by atoms with Gasteiger partial charge in [0.2, 0.25) is 0 Å². The van der Waals surface area contributed by atoms with E-state index in [1.165, 1.54) is 38.8 Å². The molecule has 0 radical (unpaired) electrons. The Morgan fingerprint density at radius 3 is 2.78 bits per heavy atom. The van der Waals surface area contributed by atoms with Gasteiger partial charge in [-0.15, -0.1) is 35.3 Å². The number of nitrogens with zero attached hydrogens (tertiary/aromatic N) is 4. The molecule has 1 N–H and O–H groups in total. The zero-order valence-electron chi connectivity index (χ0n) is 14.1. The second kappa shape index (κ2) is 9.17. The van der Waals surface area contributed by atoms with Crippen molar-refractivity contribution in [1.82, 2.24) is 20.1 Å². The highest BCUT2D eigenvalue weighted by molar-refractivity contribution is 14.0. The quantitative estimate of drug-likeness (QED) is 0.438. The van der Waals surface area contributed by atoms with E-state index in [-0.39, 0.29) is 24.0 Å². The Hall–Kier alpha value is -0.410. The summed E-state index contributed by atoms with van der Waals surface area (Å²) in [4.78, 5) is 14.1. The number of aromatic nitrogens is 1.